The van der Waals surface area contributed by atoms with Gasteiger partial charge in [-0.05, 0) is 24.3 Å². The molecule has 0 N–H and O–H groups in total. The first kappa shape index (κ1) is 10.4. The summed E-state index contributed by atoms with van der Waals surface area (Å²) in [4.78, 5) is 13.2. The molecular formula is C11H12FNO. The summed E-state index contributed by atoms with van der Waals surface area (Å²) in [7, 11) is 3.66. The molecule has 0 spiro atoms. The number of halogens is 1. The molecule has 0 saturated heterocycles. The molecule has 0 atom stereocenters. The van der Waals surface area contributed by atoms with E-state index in [0.29, 0.717) is 5.56 Å². The van der Waals surface area contributed by atoms with Crippen molar-refractivity contribution in [1.82, 2.24) is 4.90 Å². The third-order valence-electron chi connectivity index (χ3n) is 1.65. The van der Waals surface area contributed by atoms with Gasteiger partial charge >= 0.3 is 0 Å². The van der Waals surface area contributed by atoms with Gasteiger partial charge in [0.05, 0.1) is 0 Å². The third-order valence-corrected chi connectivity index (χ3v) is 1.65. The first-order chi connectivity index (χ1) is 6.59. The predicted molar refractivity (Wildman–Crippen MR) is 53.6 cm³/mol. The number of nitrogens with zero attached hydrogens (tertiary/aromatic N) is 1. The fourth-order valence-corrected chi connectivity index (χ4v) is 0.927. The highest BCUT2D eigenvalue weighted by molar-refractivity contribution is 6.04. The van der Waals surface area contributed by atoms with Crippen molar-refractivity contribution < 1.29 is 9.18 Å². The van der Waals surface area contributed by atoms with Gasteiger partial charge < -0.3 is 4.90 Å². The van der Waals surface area contributed by atoms with Gasteiger partial charge in [-0.1, -0.05) is 0 Å². The van der Waals surface area contributed by atoms with Gasteiger partial charge in [-0.3, -0.25) is 4.79 Å². The normalized spacial score (nSPS) is 10.5. The molecule has 0 aliphatic heterocycles. The Labute approximate surface area is 82.7 Å². The van der Waals surface area contributed by atoms with Crippen molar-refractivity contribution in [3.05, 3.63) is 47.9 Å². The summed E-state index contributed by atoms with van der Waals surface area (Å²) in [5.41, 5.74) is 0.490. The number of hydrogen-bond acceptors (Lipinski definition) is 2. The average molecular weight is 193 g/mol. The van der Waals surface area contributed by atoms with Crippen molar-refractivity contribution in [2.24, 2.45) is 0 Å². The van der Waals surface area contributed by atoms with E-state index in [9.17, 15) is 9.18 Å². The van der Waals surface area contributed by atoms with Gasteiger partial charge in [0, 0.05) is 31.9 Å². The molecule has 0 aliphatic rings. The maximum absolute atomic E-state index is 12.5. The second kappa shape index (κ2) is 4.56. The van der Waals surface area contributed by atoms with Crippen LogP contribution < -0.4 is 0 Å². The van der Waals surface area contributed by atoms with Crippen LogP contribution in [0.4, 0.5) is 4.39 Å². The lowest BCUT2D eigenvalue weighted by atomic mass is 10.1. The average Bonchev–Trinajstić information content (AvgIpc) is 2.15. The molecule has 1 rings (SSSR count). The highest BCUT2D eigenvalue weighted by Crippen LogP contribution is 2.04. The Kier molecular flexibility index (Phi) is 3.40. The van der Waals surface area contributed by atoms with E-state index in [0.717, 1.165) is 0 Å². The molecule has 0 saturated carbocycles. The highest BCUT2D eigenvalue weighted by atomic mass is 19.1. The van der Waals surface area contributed by atoms with Crippen molar-refractivity contribution in [1.29, 1.82) is 0 Å². The summed E-state index contributed by atoms with van der Waals surface area (Å²) in [6.07, 6.45) is 3.11. The van der Waals surface area contributed by atoms with E-state index in [1.165, 1.54) is 30.3 Å². The molecule has 1 aromatic carbocycles. The van der Waals surface area contributed by atoms with E-state index in [1.54, 1.807) is 11.1 Å². The van der Waals surface area contributed by atoms with Crippen LogP contribution in [0.1, 0.15) is 10.4 Å². The fraction of sp³-hybridized carbons (Fsp3) is 0.182. The molecule has 74 valence electrons. The van der Waals surface area contributed by atoms with Gasteiger partial charge in [0.1, 0.15) is 5.82 Å². The van der Waals surface area contributed by atoms with E-state index < -0.39 is 0 Å². The summed E-state index contributed by atoms with van der Waals surface area (Å²) >= 11 is 0. The Balaban J connectivity index is 2.75. The SMILES string of the molecule is CN(C)/C=C/C(=O)c1ccc(F)cc1. The molecular weight excluding hydrogens is 181 g/mol. The van der Waals surface area contributed by atoms with Crippen molar-refractivity contribution in [2.75, 3.05) is 14.1 Å². The lowest BCUT2D eigenvalue weighted by molar-refractivity contribution is 0.104. The van der Waals surface area contributed by atoms with Gasteiger partial charge in [-0.15, -0.1) is 0 Å². The van der Waals surface area contributed by atoms with Crippen molar-refractivity contribution in [3.63, 3.8) is 0 Å². The number of carbonyl (C=O) groups is 1. The van der Waals surface area contributed by atoms with Crippen LogP contribution in [0.3, 0.4) is 0 Å². The van der Waals surface area contributed by atoms with Gasteiger partial charge in [0.2, 0.25) is 0 Å². The van der Waals surface area contributed by atoms with Crippen LogP contribution in [-0.4, -0.2) is 24.8 Å². The minimum absolute atomic E-state index is 0.126. The Hall–Kier alpha value is -1.64. The zero-order chi connectivity index (χ0) is 10.6. The number of hydrogen-bond donors (Lipinski definition) is 0. The number of rotatable bonds is 3. The molecule has 3 heteroatoms. The third kappa shape index (κ3) is 3.01. The molecule has 1 aromatic rings. The molecule has 0 amide bonds. The molecule has 14 heavy (non-hydrogen) atoms. The minimum atomic E-state index is -0.335. The first-order valence-electron chi connectivity index (χ1n) is 4.24. The van der Waals surface area contributed by atoms with Gasteiger partial charge in [-0.25, -0.2) is 4.39 Å². The van der Waals surface area contributed by atoms with Crippen LogP contribution in [0.5, 0.6) is 0 Å². The molecule has 2 nitrogen and oxygen atoms in total. The second-order valence-corrected chi connectivity index (χ2v) is 3.15. The van der Waals surface area contributed by atoms with E-state index in [1.807, 2.05) is 14.1 Å². The number of ketones is 1. The van der Waals surface area contributed by atoms with Crippen molar-refractivity contribution >= 4 is 5.78 Å². The number of allylic oxidation sites excluding steroid dienone is 1. The minimum Gasteiger partial charge on any atom is -0.383 e. The molecule has 0 aliphatic carbocycles. The summed E-state index contributed by atoms with van der Waals surface area (Å²) in [5, 5.41) is 0. The standard InChI is InChI=1S/C11H12FNO/c1-13(2)8-7-11(14)9-3-5-10(12)6-4-9/h3-8H,1-2H3/b8-7+. The maximum Gasteiger partial charge on any atom is 0.187 e. The topological polar surface area (TPSA) is 20.3 Å². The molecule has 0 radical (unpaired) electrons. The first-order valence-corrected chi connectivity index (χ1v) is 4.24. The second-order valence-electron chi connectivity index (χ2n) is 3.15. The van der Waals surface area contributed by atoms with Gasteiger partial charge in [0.15, 0.2) is 5.78 Å². The lowest BCUT2D eigenvalue weighted by Crippen LogP contribution is -2.03. The van der Waals surface area contributed by atoms with Gasteiger partial charge in [-0.2, -0.15) is 0 Å². The van der Waals surface area contributed by atoms with Crippen molar-refractivity contribution in [3.8, 4) is 0 Å². The highest BCUT2D eigenvalue weighted by Gasteiger charge is 2.00. The van der Waals surface area contributed by atoms with Crippen LogP contribution in [0.15, 0.2) is 36.5 Å². The molecule has 0 bridgehead atoms. The van der Waals surface area contributed by atoms with E-state index in [2.05, 4.69) is 0 Å². The van der Waals surface area contributed by atoms with Crippen LogP contribution in [0, 0.1) is 5.82 Å². The maximum atomic E-state index is 12.5. The monoisotopic (exact) mass is 193 g/mol. The summed E-state index contributed by atoms with van der Waals surface area (Å²) in [5.74, 6) is -0.461. The Morgan fingerprint density at radius 2 is 1.86 bits per heavy atom. The van der Waals surface area contributed by atoms with Crippen LogP contribution in [0.25, 0.3) is 0 Å². The summed E-state index contributed by atoms with van der Waals surface area (Å²) < 4.78 is 12.5. The Bertz CT molecular complexity index is 341. The predicted octanol–water partition coefficient (Wildman–Crippen LogP) is 2.08. The molecule has 0 unspecified atom stereocenters. The zero-order valence-electron chi connectivity index (χ0n) is 8.20. The van der Waals surface area contributed by atoms with Gasteiger partial charge in [0.25, 0.3) is 0 Å². The molecule has 0 fully saturated rings. The van der Waals surface area contributed by atoms with E-state index in [-0.39, 0.29) is 11.6 Å². The Morgan fingerprint density at radius 3 is 2.36 bits per heavy atom. The van der Waals surface area contributed by atoms with Crippen LogP contribution in [-0.2, 0) is 0 Å². The van der Waals surface area contributed by atoms with E-state index >= 15 is 0 Å². The van der Waals surface area contributed by atoms with Crippen LogP contribution >= 0.6 is 0 Å². The summed E-state index contributed by atoms with van der Waals surface area (Å²) in [6, 6.07) is 5.49. The zero-order valence-corrected chi connectivity index (χ0v) is 8.20. The molecule has 0 aromatic heterocycles. The number of carbonyl (C=O) groups excluding carboxylic acids is 1. The largest absolute Gasteiger partial charge is 0.383 e. The Morgan fingerprint density at radius 1 is 1.29 bits per heavy atom. The number of benzene rings is 1. The summed E-state index contributed by atoms with van der Waals surface area (Å²) in [6.45, 7) is 0. The smallest absolute Gasteiger partial charge is 0.187 e. The molecule has 0 heterocycles. The quantitative estimate of drug-likeness (QED) is 0.541. The lowest BCUT2D eigenvalue weighted by Gasteiger charge is -2.02. The van der Waals surface area contributed by atoms with Crippen LogP contribution in [0.2, 0.25) is 0 Å². The van der Waals surface area contributed by atoms with Crippen molar-refractivity contribution in [2.45, 2.75) is 0 Å². The van der Waals surface area contributed by atoms with E-state index in [4.69, 9.17) is 0 Å². The fourth-order valence-electron chi connectivity index (χ4n) is 0.927.